The number of aromatic nitrogens is 1. The molecule has 0 bridgehead atoms. The number of hydrogen-bond acceptors (Lipinski definition) is 5. The van der Waals surface area contributed by atoms with Gasteiger partial charge in [0.1, 0.15) is 5.82 Å². The van der Waals surface area contributed by atoms with Crippen LogP contribution in [0.3, 0.4) is 0 Å². The van der Waals surface area contributed by atoms with Crippen LogP contribution in [0.2, 0.25) is 5.02 Å². The molecule has 0 radical (unpaired) electrons. The first-order chi connectivity index (χ1) is 16.7. The van der Waals surface area contributed by atoms with E-state index in [9.17, 15) is 4.79 Å². The number of hydrogen-bond donors (Lipinski definition) is 1. The van der Waals surface area contributed by atoms with E-state index in [2.05, 4.69) is 39.4 Å². The number of benzene rings is 2. The Morgan fingerprint density at radius 2 is 1.91 bits per heavy atom. The van der Waals surface area contributed by atoms with Gasteiger partial charge in [-0.1, -0.05) is 42.3 Å². The largest absolute Gasteiger partial charge is 0.353 e. The molecule has 2 heterocycles. The van der Waals surface area contributed by atoms with E-state index in [4.69, 9.17) is 16.0 Å². The lowest BCUT2D eigenvalue weighted by molar-refractivity contribution is -0.116. The number of anilines is 1. The van der Waals surface area contributed by atoms with Crippen LogP contribution in [0.1, 0.15) is 24.8 Å². The molecule has 34 heavy (non-hydrogen) atoms. The van der Waals surface area contributed by atoms with Gasteiger partial charge < -0.3 is 10.2 Å². The fourth-order valence-corrected chi connectivity index (χ4v) is 6.26. The van der Waals surface area contributed by atoms with Crippen LogP contribution in [-0.2, 0) is 4.79 Å². The molecule has 2 fully saturated rings. The molecule has 1 saturated carbocycles. The number of rotatable bonds is 7. The average Bonchev–Trinajstić information content (AvgIpc) is 3.49. The van der Waals surface area contributed by atoms with Gasteiger partial charge in [-0.05, 0) is 72.1 Å². The number of carbonyl (C=O) groups excluding carboxylic acids is 1. The standard InChI is InChI=1S/C27H31ClN4OS/c28-23-8-3-5-20(17-23)11-12-26(33)29-18-21-6-4-7-22(21)19-31-13-15-32(16-14-31)27-24-9-1-2-10-25(24)34-30-27/h1-3,5,8-12,17,21-22H,4,6-7,13-16,18-19H2,(H,29,33)/b12-11+/t21-,22-/m1/s1. The summed E-state index contributed by atoms with van der Waals surface area (Å²) >= 11 is 7.61. The highest BCUT2D eigenvalue weighted by Crippen LogP contribution is 2.33. The van der Waals surface area contributed by atoms with Crippen molar-refractivity contribution in [3.63, 3.8) is 0 Å². The molecule has 178 valence electrons. The van der Waals surface area contributed by atoms with E-state index in [1.54, 1.807) is 17.6 Å². The summed E-state index contributed by atoms with van der Waals surface area (Å²) in [6, 6.07) is 16.0. The van der Waals surface area contributed by atoms with Crippen molar-refractivity contribution in [1.29, 1.82) is 0 Å². The van der Waals surface area contributed by atoms with Crippen LogP contribution in [-0.4, -0.2) is 54.4 Å². The third-order valence-electron chi connectivity index (χ3n) is 7.15. The van der Waals surface area contributed by atoms with Crippen molar-refractivity contribution >= 4 is 51.0 Å². The van der Waals surface area contributed by atoms with E-state index in [0.717, 1.165) is 50.6 Å². The molecule has 1 amide bonds. The van der Waals surface area contributed by atoms with Crippen molar-refractivity contribution in [2.75, 3.05) is 44.2 Å². The maximum absolute atomic E-state index is 12.3. The third kappa shape index (κ3) is 5.62. The number of amides is 1. The first-order valence-corrected chi connectivity index (χ1v) is 13.3. The fraction of sp³-hybridized carbons (Fsp3) is 0.407. The molecule has 3 aromatic rings. The van der Waals surface area contributed by atoms with Gasteiger partial charge in [0.15, 0.2) is 0 Å². The summed E-state index contributed by atoms with van der Waals surface area (Å²) in [5, 5.41) is 5.08. The molecule has 1 aliphatic heterocycles. The second-order valence-corrected chi connectivity index (χ2v) is 10.6. The molecule has 7 heteroatoms. The van der Waals surface area contributed by atoms with Crippen molar-refractivity contribution in [1.82, 2.24) is 14.6 Å². The zero-order valence-corrected chi connectivity index (χ0v) is 20.9. The van der Waals surface area contributed by atoms with Crippen LogP contribution in [0.5, 0.6) is 0 Å². The van der Waals surface area contributed by atoms with Gasteiger partial charge in [-0.3, -0.25) is 9.69 Å². The minimum atomic E-state index is -0.0327. The van der Waals surface area contributed by atoms with Crippen LogP contribution in [0.25, 0.3) is 16.2 Å². The Hall–Kier alpha value is -2.41. The minimum Gasteiger partial charge on any atom is -0.353 e. The monoisotopic (exact) mass is 494 g/mol. The van der Waals surface area contributed by atoms with E-state index in [1.807, 2.05) is 30.3 Å². The van der Waals surface area contributed by atoms with Crippen molar-refractivity contribution in [3.05, 3.63) is 65.2 Å². The summed E-state index contributed by atoms with van der Waals surface area (Å²) < 4.78 is 6.00. The fourth-order valence-electron chi connectivity index (χ4n) is 5.27. The Morgan fingerprint density at radius 1 is 1.09 bits per heavy atom. The van der Waals surface area contributed by atoms with E-state index in [1.165, 1.54) is 29.3 Å². The van der Waals surface area contributed by atoms with Crippen LogP contribution in [0.4, 0.5) is 5.82 Å². The molecular formula is C27H31ClN4OS. The predicted molar refractivity (Wildman–Crippen MR) is 143 cm³/mol. The molecule has 2 atom stereocenters. The van der Waals surface area contributed by atoms with Crippen molar-refractivity contribution in [3.8, 4) is 0 Å². The zero-order valence-electron chi connectivity index (χ0n) is 19.3. The Kier molecular flexibility index (Phi) is 7.48. The SMILES string of the molecule is O=C(/C=C/c1cccc(Cl)c1)NC[C@H]1CCC[C@@H]1CN1CCN(c2nsc3ccccc23)CC1. The van der Waals surface area contributed by atoms with Gasteiger partial charge in [0.05, 0.1) is 4.70 Å². The molecular weight excluding hydrogens is 464 g/mol. The number of nitrogens with zero attached hydrogens (tertiary/aromatic N) is 3. The molecule has 2 aromatic carbocycles. The number of fused-ring (bicyclic) bond motifs is 1. The smallest absolute Gasteiger partial charge is 0.244 e. The summed E-state index contributed by atoms with van der Waals surface area (Å²) in [5.74, 6) is 2.33. The summed E-state index contributed by atoms with van der Waals surface area (Å²) in [4.78, 5) is 17.4. The lowest BCUT2D eigenvalue weighted by Gasteiger charge is -2.37. The van der Waals surface area contributed by atoms with Gasteiger partial charge in [0, 0.05) is 55.8 Å². The van der Waals surface area contributed by atoms with E-state index in [0.29, 0.717) is 16.9 Å². The number of halogens is 1. The average molecular weight is 495 g/mol. The molecule has 1 aliphatic carbocycles. The molecule has 1 aromatic heterocycles. The van der Waals surface area contributed by atoms with Crippen LogP contribution >= 0.6 is 23.1 Å². The number of nitrogens with one attached hydrogen (secondary N) is 1. The highest BCUT2D eigenvalue weighted by Gasteiger charge is 2.30. The van der Waals surface area contributed by atoms with E-state index < -0.39 is 0 Å². The molecule has 5 nitrogen and oxygen atoms in total. The molecule has 1 N–H and O–H groups in total. The Labute approximate surface area is 210 Å². The summed E-state index contributed by atoms with van der Waals surface area (Å²) in [7, 11) is 0. The number of piperazine rings is 1. The van der Waals surface area contributed by atoms with Gasteiger partial charge in [0.25, 0.3) is 0 Å². The van der Waals surface area contributed by atoms with Crippen molar-refractivity contribution < 1.29 is 4.79 Å². The Morgan fingerprint density at radius 3 is 2.76 bits per heavy atom. The Bertz CT molecular complexity index is 1150. The first-order valence-electron chi connectivity index (χ1n) is 12.2. The minimum absolute atomic E-state index is 0.0327. The molecule has 0 spiro atoms. The third-order valence-corrected chi connectivity index (χ3v) is 8.21. The Balaban J connectivity index is 1.09. The van der Waals surface area contributed by atoms with Crippen molar-refractivity contribution in [2.45, 2.75) is 19.3 Å². The highest BCUT2D eigenvalue weighted by atomic mass is 35.5. The summed E-state index contributed by atoms with van der Waals surface area (Å²) in [6.07, 6.45) is 7.15. The summed E-state index contributed by atoms with van der Waals surface area (Å²) in [5.41, 5.74) is 0.936. The first kappa shape index (κ1) is 23.3. The molecule has 5 rings (SSSR count). The summed E-state index contributed by atoms with van der Waals surface area (Å²) in [6.45, 7) is 6.08. The number of carbonyl (C=O) groups is 1. The second kappa shape index (κ2) is 10.9. The lowest BCUT2D eigenvalue weighted by Crippen LogP contribution is -2.48. The van der Waals surface area contributed by atoms with Gasteiger partial charge in [0.2, 0.25) is 5.91 Å². The second-order valence-electron chi connectivity index (χ2n) is 9.37. The quantitative estimate of drug-likeness (QED) is 0.452. The van der Waals surface area contributed by atoms with Gasteiger partial charge in [-0.15, -0.1) is 0 Å². The highest BCUT2D eigenvalue weighted by molar-refractivity contribution is 7.13. The van der Waals surface area contributed by atoms with Gasteiger partial charge in [-0.25, -0.2) is 0 Å². The molecule has 0 unspecified atom stereocenters. The van der Waals surface area contributed by atoms with Crippen LogP contribution < -0.4 is 10.2 Å². The topological polar surface area (TPSA) is 48.5 Å². The van der Waals surface area contributed by atoms with Crippen LogP contribution in [0.15, 0.2) is 54.6 Å². The molecule has 1 saturated heterocycles. The van der Waals surface area contributed by atoms with E-state index in [-0.39, 0.29) is 5.91 Å². The van der Waals surface area contributed by atoms with E-state index >= 15 is 0 Å². The zero-order chi connectivity index (χ0) is 23.3. The van der Waals surface area contributed by atoms with Gasteiger partial charge in [-0.2, -0.15) is 4.37 Å². The lowest BCUT2D eigenvalue weighted by atomic mass is 9.95. The maximum Gasteiger partial charge on any atom is 0.244 e. The maximum atomic E-state index is 12.3. The van der Waals surface area contributed by atoms with Crippen molar-refractivity contribution in [2.24, 2.45) is 11.8 Å². The predicted octanol–water partition coefficient (Wildman–Crippen LogP) is 5.32. The van der Waals surface area contributed by atoms with Crippen LogP contribution in [0, 0.1) is 11.8 Å². The van der Waals surface area contributed by atoms with Gasteiger partial charge >= 0.3 is 0 Å². The normalized spacial score (nSPS) is 21.5. The molecule has 2 aliphatic rings.